The van der Waals surface area contributed by atoms with Crippen LogP contribution < -0.4 is 5.32 Å². The number of aromatic nitrogens is 2. The van der Waals surface area contributed by atoms with Gasteiger partial charge in [-0.3, -0.25) is 14.7 Å². The average molecular weight is 221 g/mol. The Morgan fingerprint density at radius 2 is 2.31 bits per heavy atom. The molecule has 1 aliphatic rings. The number of amides is 1. The van der Waals surface area contributed by atoms with Gasteiger partial charge >= 0.3 is 5.97 Å². The number of rotatable bonds is 3. The highest BCUT2D eigenvalue weighted by atomic mass is 16.4. The number of H-pyrrole nitrogens is 1. The van der Waals surface area contributed by atoms with Crippen molar-refractivity contribution in [1.29, 1.82) is 0 Å². The van der Waals surface area contributed by atoms with Crippen molar-refractivity contribution in [2.24, 2.45) is 5.92 Å². The molecule has 6 nitrogen and oxygen atoms in total. The number of aromatic amines is 1. The van der Waals surface area contributed by atoms with Crippen molar-refractivity contribution < 1.29 is 14.7 Å². The third-order valence-electron chi connectivity index (χ3n) is 2.48. The van der Waals surface area contributed by atoms with E-state index in [0.29, 0.717) is 12.0 Å². The Bertz CT molecular complexity index is 425. The third-order valence-corrected chi connectivity index (χ3v) is 2.48. The second kappa shape index (κ2) is 4.18. The number of aliphatic carboxylic acids is 1. The van der Waals surface area contributed by atoms with Gasteiger partial charge in [-0.25, -0.2) is 0 Å². The fourth-order valence-corrected chi connectivity index (χ4v) is 1.62. The van der Waals surface area contributed by atoms with Crippen molar-refractivity contribution in [3.8, 4) is 0 Å². The van der Waals surface area contributed by atoms with Crippen LogP contribution >= 0.6 is 0 Å². The van der Waals surface area contributed by atoms with E-state index in [1.165, 1.54) is 12.4 Å². The standard InChI is InChI=1S/C10H11N3O3/c14-9(7-4-11-12-5-7)13-8-2-1-6(3-8)10(15)16/h1-2,4-6,8H,3H2,(H,11,12)(H,13,14)(H,15,16). The average Bonchev–Trinajstić information content (AvgIpc) is 2.87. The molecule has 0 saturated carbocycles. The first-order valence-electron chi connectivity index (χ1n) is 4.87. The topological polar surface area (TPSA) is 95.1 Å². The SMILES string of the molecule is O=C(NC1C=CC(C(=O)O)C1)c1cn[nH]c1. The number of carboxylic acids is 1. The Morgan fingerprint density at radius 1 is 1.50 bits per heavy atom. The van der Waals surface area contributed by atoms with Crippen LogP contribution in [0.25, 0.3) is 0 Å². The maximum atomic E-state index is 11.6. The van der Waals surface area contributed by atoms with Gasteiger partial charge in [-0.1, -0.05) is 12.2 Å². The van der Waals surface area contributed by atoms with Gasteiger partial charge in [0.15, 0.2) is 0 Å². The molecule has 0 fully saturated rings. The van der Waals surface area contributed by atoms with Gasteiger partial charge in [-0.05, 0) is 6.42 Å². The molecule has 0 spiro atoms. The van der Waals surface area contributed by atoms with E-state index in [0.717, 1.165) is 0 Å². The molecule has 0 aliphatic heterocycles. The highest BCUT2D eigenvalue weighted by molar-refractivity contribution is 5.94. The van der Waals surface area contributed by atoms with E-state index >= 15 is 0 Å². The maximum absolute atomic E-state index is 11.6. The molecule has 2 atom stereocenters. The van der Waals surface area contributed by atoms with E-state index in [1.54, 1.807) is 12.2 Å². The molecule has 0 bridgehead atoms. The highest BCUT2D eigenvalue weighted by Gasteiger charge is 2.25. The van der Waals surface area contributed by atoms with Gasteiger partial charge in [0.25, 0.3) is 5.91 Å². The lowest BCUT2D eigenvalue weighted by atomic mass is 10.1. The molecule has 1 aromatic rings. The second-order valence-electron chi connectivity index (χ2n) is 3.63. The summed E-state index contributed by atoms with van der Waals surface area (Å²) in [6, 6.07) is -0.219. The molecular formula is C10H11N3O3. The molecule has 16 heavy (non-hydrogen) atoms. The molecule has 84 valence electrons. The van der Waals surface area contributed by atoms with Gasteiger partial charge < -0.3 is 10.4 Å². The Morgan fingerprint density at radius 3 is 2.88 bits per heavy atom. The summed E-state index contributed by atoms with van der Waals surface area (Å²) in [6.07, 6.45) is 6.61. The normalized spacial score (nSPS) is 23.2. The molecule has 3 N–H and O–H groups in total. The third kappa shape index (κ3) is 2.10. The molecule has 0 aromatic carbocycles. The minimum absolute atomic E-state index is 0.219. The monoisotopic (exact) mass is 221 g/mol. The predicted molar refractivity (Wildman–Crippen MR) is 54.7 cm³/mol. The van der Waals surface area contributed by atoms with Crippen molar-refractivity contribution in [2.45, 2.75) is 12.5 Å². The zero-order valence-corrected chi connectivity index (χ0v) is 8.38. The largest absolute Gasteiger partial charge is 0.481 e. The van der Waals surface area contributed by atoms with Crippen LogP contribution in [0.1, 0.15) is 16.8 Å². The van der Waals surface area contributed by atoms with Crippen LogP contribution in [0.5, 0.6) is 0 Å². The molecular weight excluding hydrogens is 210 g/mol. The summed E-state index contributed by atoms with van der Waals surface area (Å²) in [4.78, 5) is 22.3. The second-order valence-corrected chi connectivity index (χ2v) is 3.63. The van der Waals surface area contributed by atoms with Crippen LogP contribution in [0.3, 0.4) is 0 Å². The molecule has 1 amide bonds. The Balaban J connectivity index is 1.91. The fourth-order valence-electron chi connectivity index (χ4n) is 1.62. The number of nitrogens with zero attached hydrogens (tertiary/aromatic N) is 1. The van der Waals surface area contributed by atoms with Crippen molar-refractivity contribution in [1.82, 2.24) is 15.5 Å². The van der Waals surface area contributed by atoms with Gasteiger partial charge in [-0.15, -0.1) is 0 Å². The molecule has 2 rings (SSSR count). The summed E-state index contributed by atoms with van der Waals surface area (Å²) in [5.74, 6) is -1.62. The van der Waals surface area contributed by atoms with Gasteiger partial charge in [0.05, 0.1) is 17.7 Å². The number of hydrogen-bond acceptors (Lipinski definition) is 3. The summed E-state index contributed by atoms with van der Waals surface area (Å²) in [7, 11) is 0. The molecule has 1 aliphatic carbocycles. The van der Waals surface area contributed by atoms with Crippen LogP contribution in [0.4, 0.5) is 0 Å². The van der Waals surface area contributed by atoms with Gasteiger partial charge in [-0.2, -0.15) is 5.10 Å². The minimum Gasteiger partial charge on any atom is -0.481 e. The predicted octanol–water partition coefficient (Wildman–Crippen LogP) is 0.169. The van der Waals surface area contributed by atoms with Crippen LogP contribution in [0.2, 0.25) is 0 Å². The van der Waals surface area contributed by atoms with Crippen molar-refractivity contribution in [3.05, 3.63) is 30.1 Å². The van der Waals surface area contributed by atoms with Crippen molar-refractivity contribution >= 4 is 11.9 Å². The van der Waals surface area contributed by atoms with E-state index in [-0.39, 0.29) is 11.9 Å². The molecule has 0 radical (unpaired) electrons. The summed E-state index contributed by atoms with van der Waals surface area (Å²) in [6.45, 7) is 0. The first kappa shape index (κ1) is 10.4. The molecule has 6 heteroatoms. The zero-order chi connectivity index (χ0) is 11.5. The summed E-state index contributed by atoms with van der Waals surface area (Å²) in [5.41, 5.74) is 0.437. The quantitative estimate of drug-likeness (QED) is 0.634. The fraction of sp³-hybridized carbons (Fsp3) is 0.300. The highest BCUT2D eigenvalue weighted by Crippen LogP contribution is 2.18. The number of carbonyl (C=O) groups excluding carboxylic acids is 1. The first-order valence-corrected chi connectivity index (χ1v) is 4.87. The number of carboxylic acid groups (broad SMARTS) is 1. The lowest BCUT2D eigenvalue weighted by Gasteiger charge is -2.10. The lowest BCUT2D eigenvalue weighted by molar-refractivity contribution is -0.140. The minimum atomic E-state index is -0.865. The molecule has 1 aromatic heterocycles. The number of hydrogen-bond donors (Lipinski definition) is 3. The van der Waals surface area contributed by atoms with E-state index < -0.39 is 11.9 Å². The Labute approximate surface area is 91.4 Å². The van der Waals surface area contributed by atoms with Crippen LogP contribution in [0.15, 0.2) is 24.5 Å². The summed E-state index contributed by atoms with van der Waals surface area (Å²) in [5, 5.41) is 17.7. The van der Waals surface area contributed by atoms with Crippen molar-refractivity contribution in [2.75, 3.05) is 0 Å². The van der Waals surface area contributed by atoms with Crippen LogP contribution in [0, 0.1) is 5.92 Å². The van der Waals surface area contributed by atoms with E-state index in [2.05, 4.69) is 15.5 Å². The number of carbonyl (C=O) groups is 2. The lowest BCUT2D eigenvalue weighted by Crippen LogP contribution is -2.33. The number of nitrogens with one attached hydrogen (secondary N) is 2. The Kier molecular flexibility index (Phi) is 2.72. The van der Waals surface area contributed by atoms with E-state index in [9.17, 15) is 9.59 Å². The van der Waals surface area contributed by atoms with Gasteiger partial charge in [0.2, 0.25) is 0 Å². The first-order chi connectivity index (χ1) is 7.66. The zero-order valence-electron chi connectivity index (χ0n) is 8.38. The van der Waals surface area contributed by atoms with E-state index in [1.807, 2.05) is 0 Å². The smallest absolute Gasteiger partial charge is 0.310 e. The van der Waals surface area contributed by atoms with Crippen LogP contribution in [-0.2, 0) is 4.79 Å². The van der Waals surface area contributed by atoms with Crippen LogP contribution in [-0.4, -0.2) is 33.2 Å². The molecule has 1 heterocycles. The molecule has 0 saturated heterocycles. The Hall–Kier alpha value is -2.11. The van der Waals surface area contributed by atoms with Crippen molar-refractivity contribution in [3.63, 3.8) is 0 Å². The van der Waals surface area contributed by atoms with Gasteiger partial charge in [0.1, 0.15) is 0 Å². The summed E-state index contributed by atoms with van der Waals surface area (Å²) < 4.78 is 0. The van der Waals surface area contributed by atoms with E-state index in [4.69, 9.17) is 5.11 Å². The maximum Gasteiger partial charge on any atom is 0.310 e. The summed E-state index contributed by atoms with van der Waals surface area (Å²) >= 11 is 0. The molecule has 2 unspecified atom stereocenters. The van der Waals surface area contributed by atoms with Gasteiger partial charge in [0, 0.05) is 12.2 Å².